The third kappa shape index (κ3) is 3.87. The van der Waals surface area contributed by atoms with Crippen LogP contribution < -0.4 is 10.2 Å². The van der Waals surface area contributed by atoms with Crippen molar-refractivity contribution in [3.63, 3.8) is 0 Å². The highest BCUT2D eigenvalue weighted by atomic mass is 16.2. The predicted octanol–water partition coefficient (Wildman–Crippen LogP) is 2.83. The van der Waals surface area contributed by atoms with Crippen molar-refractivity contribution in [1.29, 1.82) is 0 Å². The predicted molar refractivity (Wildman–Crippen MR) is 73.1 cm³/mol. The SMILES string of the molecule is CC(=O)c1cccc(N(C)C(=O)NC(C)(C)C)c1. The summed E-state index contributed by atoms with van der Waals surface area (Å²) in [5.41, 5.74) is 1.01. The van der Waals surface area contributed by atoms with Gasteiger partial charge in [-0.2, -0.15) is 0 Å². The number of amides is 2. The minimum atomic E-state index is -0.288. The van der Waals surface area contributed by atoms with E-state index in [0.717, 1.165) is 0 Å². The third-order valence-electron chi connectivity index (χ3n) is 2.43. The summed E-state index contributed by atoms with van der Waals surface area (Å²) < 4.78 is 0. The lowest BCUT2D eigenvalue weighted by Crippen LogP contribution is -2.47. The number of nitrogens with zero attached hydrogens (tertiary/aromatic N) is 1. The van der Waals surface area contributed by atoms with Crippen LogP contribution in [-0.4, -0.2) is 24.4 Å². The van der Waals surface area contributed by atoms with Crippen molar-refractivity contribution in [2.75, 3.05) is 11.9 Å². The molecule has 1 aromatic carbocycles. The summed E-state index contributed by atoms with van der Waals surface area (Å²) in [4.78, 5) is 24.8. The minimum absolute atomic E-state index is 0.0125. The molecule has 1 N–H and O–H groups in total. The van der Waals surface area contributed by atoms with E-state index in [1.807, 2.05) is 20.8 Å². The molecule has 0 aliphatic heterocycles. The molecule has 4 heteroatoms. The molecule has 18 heavy (non-hydrogen) atoms. The molecule has 2 amide bonds. The fourth-order valence-electron chi connectivity index (χ4n) is 1.46. The lowest BCUT2D eigenvalue weighted by atomic mass is 10.1. The van der Waals surface area contributed by atoms with Crippen LogP contribution in [0.4, 0.5) is 10.5 Å². The molecule has 0 atom stereocenters. The zero-order valence-electron chi connectivity index (χ0n) is 11.6. The van der Waals surface area contributed by atoms with Gasteiger partial charge in [0.15, 0.2) is 5.78 Å². The Kier molecular flexibility index (Phi) is 4.11. The van der Waals surface area contributed by atoms with E-state index in [2.05, 4.69) is 5.32 Å². The van der Waals surface area contributed by atoms with Crippen molar-refractivity contribution in [2.24, 2.45) is 0 Å². The van der Waals surface area contributed by atoms with Crippen LogP contribution in [0.25, 0.3) is 0 Å². The van der Waals surface area contributed by atoms with E-state index in [4.69, 9.17) is 0 Å². The van der Waals surface area contributed by atoms with Crippen molar-refractivity contribution in [3.05, 3.63) is 29.8 Å². The summed E-state index contributed by atoms with van der Waals surface area (Å²) in [6, 6.07) is 6.83. The third-order valence-corrected chi connectivity index (χ3v) is 2.43. The second kappa shape index (κ2) is 5.21. The first-order valence-corrected chi connectivity index (χ1v) is 5.87. The molecule has 98 valence electrons. The first-order valence-electron chi connectivity index (χ1n) is 5.87. The number of rotatable bonds is 2. The molecule has 0 aliphatic carbocycles. The van der Waals surface area contributed by atoms with Crippen LogP contribution in [0, 0.1) is 0 Å². The van der Waals surface area contributed by atoms with Crippen LogP contribution in [0.5, 0.6) is 0 Å². The Balaban J connectivity index is 2.90. The molecular formula is C14H20N2O2. The Hall–Kier alpha value is -1.84. The maximum absolute atomic E-state index is 12.0. The van der Waals surface area contributed by atoms with E-state index in [9.17, 15) is 9.59 Å². The molecule has 1 aromatic rings. The number of benzene rings is 1. The number of hydrogen-bond donors (Lipinski definition) is 1. The number of urea groups is 1. The quantitative estimate of drug-likeness (QED) is 0.818. The molecule has 0 saturated heterocycles. The fraction of sp³-hybridized carbons (Fsp3) is 0.429. The minimum Gasteiger partial charge on any atom is -0.333 e. The summed E-state index contributed by atoms with van der Waals surface area (Å²) in [5, 5.41) is 2.87. The number of anilines is 1. The maximum Gasteiger partial charge on any atom is 0.322 e. The first-order chi connectivity index (χ1) is 8.20. The van der Waals surface area contributed by atoms with Gasteiger partial charge in [0.1, 0.15) is 0 Å². The van der Waals surface area contributed by atoms with Gasteiger partial charge in [-0.05, 0) is 39.8 Å². The van der Waals surface area contributed by atoms with Gasteiger partial charge in [-0.25, -0.2) is 4.79 Å². The molecule has 0 saturated carbocycles. The Bertz CT molecular complexity index is 461. The second-order valence-electron chi connectivity index (χ2n) is 5.35. The zero-order valence-corrected chi connectivity index (χ0v) is 11.6. The van der Waals surface area contributed by atoms with Gasteiger partial charge in [0.2, 0.25) is 0 Å². The lowest BCUT2D eigenvalue weighted by molar-refractivity contribution is 0.101. The Morgan fingerprint density at radius 1 is 1.22 bits per heavy atom. The van der Waals surface area contributed by atoms with Crippen LogP contribution in [0.3, 0.4) is 0 Å². The number of hydrogen-bond acceptors (Lipinski definition) is 2. The number of Topliss-reactive ketones (excluding diaryl/α,β-unsaturated/α-hetero) is 1. The summed E-state index contributed by atoms with van der Waals surface area (Å²) in [6.45, 7) is 7.27. The molecule has 0 aliphatic rings. The smallest absolute Gasteiger partial charge is 0.322 e. The van der Waals surface area contributed by atoms with Crippen LogP contribution in [0.1, 0.15) is 38.1 Å². The average molecular weight is 248 g/mol. The standard InChI is InChI=1S/C14H20N2O2/c1-10(17)11-7-6-8-12(9-11)16(5)13(18)15-14(2,3)4/h6-9H,1-5H3,(H,15,18). The molecule has 0 radical (unpaired) electrons. The number of carbonyl (C=O) groups is 2. The zero-order chi connectivity index (χ0) is 13.9. The second-order valence-corrected chi connectivity index (χ2v) is 5.35. The Morgan fingerprint density at radius 2 is 1.83 bits per heavy atom. The molecule has 0 aromatic heterocycles. The average Bonchev–Trinajstić information content (AvgIpc) is 2.26. The van der Waals surface area contributed by atoms with Crippen LogP contribution in [-0.2, 0) is 0 Å². The highest BCUT2D eigenvalue weighted by Gasteiger charge is 2.18. The van der Waals surface area contributed by atoms with Gasteiger partial charge in [-0.15, -0.1) is 0 Å². The van der Waals surface area contributed by atoms with Crippen molar-refractivity contribution in [3.8, 4) is 0 Å². The van der Waals surface area contributed by atoms with E-state index >= 15 is 0 Å². The molecule has 1 rings (SSSR count). The van der Waals surface area contributed by atoms with Crippen molar-refractivity contribution < 1.29 is 9.59 Å². The van der Waals surface area contributed by atoms with Gasteiger partial charge in [0, 0.05) is 23.8 Å². The lowest BCUT2D eigenvalue weighted by Gasteiger charge is -2.26. The van der Waals surface area contributed by atoms with Crippen molar-refractivity contribution >= 4 is 17.5 Å². The first kappa shape index (κ1) is 14.2. The highest BCUT2D eigenvalue weighted by Crippen LogP contribution is 2.16. The molecule has 0 heterocycles. The van der Waals surface area contributed by atoms with Gasteiger partial charge in [-0.3, -0.25) is 9.69 Å². The fourth-order valence-corrected chi connectivity index (χ4v) is 1.46. The summed E-state index contributed by atoms with van der Waals surface area (Å²) in [6.07, 6.45) is 0. The van der Waals surface area contributed by atoms with Crippen LogP contribution in [0.15, 0.2) is 24.3 Å². The van der Waals surface area contributed by atoms with Crippen molar-refractivity contribution in [2.45, 2.75) is 33.2 Å². The molecular weight excluding hydrogens is 228 g/mol. The van der Waals surface area contributed by atoms with E-state index < -0.39 is 0 Å². The van der Waals surface area contributed by atoms with Gasteiger partial charge in [0.25, 0.3) is 0 Å². The number of nitrogens with one attached hydrogen (secondary N) is 1. The van der Waals surface area contributed by atoms with Gasteiger partial charge in [-0.1, -0.05) is 12.1 Å². The summed E-state index contributed by atoms with van der Waals surface area (Å²) >= 11 is 0. The van der Waals surface area contributed by atoms with Gasteiger partial charge >= 0.3 is 6.03 Å². The largest absolute Gasteiger partial charge is 0.333 e. The molecule has 4 nitrogen and oxygen atoms in total. The Morgan fingerprint density at radius 3 is 2.33 bits per heavy atom. The van der Waals surface area contributed by atoms with Crippen LogP contribution in [0.2, 0.25) is 0 Å². The molecule has 0 spiro atoms. The molecule has 0 fully saturated rings. The Labute approximate surface area is 108 Å². The summed E-state index contributed by atoms with van der Waals surface area (Å²) in [5.74, 6) is -0.0125. The summed E-state index contributed by atoms with van der Waals surface area (Å²) in [7, 11) is 1.68. The van der Waals surface area contributed by atoms with Crippen LogP contribution >= 0.6 is 0 Å². The number of carbonyl (C=O) groups excluding carboxylic acids is 2. The van der Waals surface area contributed by atoms with E-state index in [0.29, 0.717) is 11.3 Å². The monoisotopic (exact) mass is 248 g/mol. The van der Waals surface area contributed by atoms with Crippen molar-refractivity contribution in [1.82, 2.24) is 5.32 Å². The van der Waals surface area contributed by atoms with E-state index in [1.54, 1.807) is 31.3 Å². The van der Waals surface area contributed by atoms with Gasteiger partial charge < -0.3 is 5.32 Å². The van der Waals surface area contributed by atoms with E-state index in [1.165, 1.54) is 11.8 Å². The maximum atomic E-state index is 12.0. The topological polar surface area (TPSA) is 49.4 Å². The normalized spacial score (nSPS) is 10.9. The van der Waals surface area contributed by atoms with Gasteiger partial charge in [0.05, 0.1) is 0 Å². The van der Waals surface area contributed by atoms with E-state index in [-0.39, 0.29) is 17.4 Å². The molecule has 0 unspecified atom stereocenters. The number of ketones is 1. The highest BCUT2D eigenvalue weighted by molar-refractivity contribution is 5.97. The molecule has 0 bridgehead atoms.